The SMILES string of the molecule is CCC(C#N)NC(=O)c1snnc1C(C)(C)C. The average molecular weight is 252 g/mol. The van der Waals surface area contributed by atoms with E-state index in [0.29, 0.717) is 17.0 Å². The second-order valence-corrected chi connectivity index (χ2v) is 5.52. The van der Waals surface area contributed by atoms with Crippen LogP contribution in [-0.2, 0) is 5.41 Å². The first-order valence-electron chi connectivity index (χ1n) is 5.43. The summed E-state index contributed by atoms with van der Waals surface area (Å²) in [5.74, 6) is -0.265. The molecule has 1 aromatic rings. The van der Waals surface area contributed by atoms with Crippen molar-refractivity contribution in [2.24, 2.45) is 0 Å². The van der Waals surface area contributed by atoms with Crippen LogP contribution in [0.3, 0.4) is 0 Å². The van der Waals surface area contributed by atoms with E-state index in [1.54, 1.807) is 0 Å². The Morgan fingerprint density at radius 3 is 2.71 bits per heavy atom. The Kier molecular flexibility index (Phi) is 4.18. The summed E-state index contributed by atoms with van der Waals surface area (Å²) in [5, 5.41) is 15.5. The summed E-state index contributed by atoms with van der Waals surface area (Å²) in [6, 6.07) is 1.57. The first-order valence-corrected chi connectivity index (χ1v) is 6.20. The number of nitrogens with one attached hydrogen (secondary N) is 1. The fourth-order valence-electron chi connectivity index (χ4n) is 1.28. The minimum absolute atomic E-state index is 0.228. The summed E-state index contributed by atoms with van der Waals surface area (Å²) in [7, 11) is 0. The molecule has 17 heavy (non-hydrogen) atoms. The first kappa shape index (κ1) is 13.6. The van der Waals surface area contributed by atoms with E-state index in [0.717, 1.165) is 11.5 Å². The van der Waals surface area contributed by atoms with E-state index in [-0.39, 0.29) is 11.3 Å². The largest absolute Gasteiger partial charge is 0.335 e. The molecule has 92 valence electrons. The van der Waals surface area contributed by atoms with Gasteiger partial charge >= 0.3 is 0 Å². The molecule has 1 amide bonds. The zero-order valence-corrected chi connectivity index (χ0v) is 11.3. The third-order valence-corrected chi connectivity index (χ3v) is 3.00. The average Bonchev–Trinajstić information content (AvgIpc) is 2.73. The van der Waals surface area contributed by atoms with Gasteiger partial charge in [-0.25, -0.2) is 0 Å². The van der Waals surface area contributed by atoms with Gasteiger partial charge in [-0.1, -0.05) is 32.2 Å². The van der Waals surface area contributed by atoms with Gasteiger partial charge in [-0.2, -0.15) is 5.26 Å². The Morgan fingerprint density at radius 2 is 2.24 bits per heavy atom. The highest BCUT2D eigenvalue weighted by Crippen LogP contribution is 2.25. The van der Waals surface area contributed by atoms with Crippen LogP contribution in [0.5, 0.6) is 0 Å². The number of hydrogen-bond donors (Lipinski definition) is 1. The number of nitrogens with zero attached hydrogens (tertiary/aromatic N) is 3. The van der Waals surface area contributed by atoms with E-state index in [4.69, 9.17) is 5.26 Å². The lowest BCUT2D eigenvalue weighted by atomic mass is 9.91. The van der Waals surface area contributed by atoms with Crippen molar-refractivity contribution in [3.05, 3.63) is 10.6 Å². The Balaban J connectivity index is 2.91. The number of rotatable bonds is 3. The normalized spacial score (nSPS) is 12.9. The van der Waals surface area contributed by atoms with Gasteiger partial charge in [0.2, 0.25) is 0 Å². The van der Waals surface area contributed by atoms with Gasteiger partial charge in [0.05, 0.1) is 11.8 Å². The molecule has 0 aliphatic heterocycles. The molecule has 1 N–H and O–H groups in total. The zero-order chi connectivity index (χ0) is 13.1. The molecule has 0 aliphatic rings. The summed E-state index contributed by atoms with van der Waals surface area (Å²) in [6.07, 6.45) is 0.583. The van der Waals surface area contributed by atoms with Crippen LogP contribution >= 0.6 is 11.5 Å². The van der Waals surface area contributed by atoms with Crippen molar-refractivity contribution < 1.29 is 4.79 Å². The fourth-order valence-corrected chi connectivity index (χ4v) is 2.06. The van der Waals surface area contributed by atoms with Crippen LogP contribution in [0.15, 0.2) is 0 Å². The van der Waals surface area contributed by atoms with Gasteiger partial charge in [0, 0.05) is 5.41 Å². The highest BCUT2D eigenvalue weighted by atomic mass is 32.1. The molecule has 0 spiro atoms. The number of carbonyl (C=O) groups excluding carboxylic acids is 1. The van der Waals surface area contributed by atoms with Crippen molar-refractivity contribution in [3.63, 3.8) is 0 Å². The molecule has 0 saturated heterocycles. The second kappa shape index (κ2) is 5.23. The van der Waals surface area contributed by atoms with Gasteiger partial charge in [-0.3, -0.25) is 4.79 Å². The van der Waals surface area contributed by atoms with Crippen LogP contribution in [0, 0.1) is 11.3 Å². The summed E-state index contributed by atoms with van der Waals surface area (Å²) in [4.78, 5) is 12.5. The Bertz CT molecular complexity index is 441. The van der Waals surface area contributed by atoms with Gasteiger partial charge < -0.3 is 5.32 Å². The van der Waals surface area contributed by atoms with Crippen LogP contribution in [-0.4, -0.2) is 21.5 Å². The molecule has 1 rings (SSSR count). The lowest BCUT2D eigenvalue weighted by molar-refractivity contribution is 0.0946. The summed E-state index contributed by atoms with van der Waals surface area (Å²) in [6.45, 7) is 7.77. The maximum absolute atomic E-state index is 12.0. The maximum atomic E-state index is 12.0. The minimum Gasteiger partial charge on any atom is -0.335 e. The molecule has 1 atom stereocenters. The van der Waals surface area contributed by atoms with Gasteiger partial charge in [-0.05, 0) is 18.0 Å². The lowest BCUT2D eigenvalue weighted by Crippen LogP contribution is -2.34. The van der Waals surface area contributed by atoms with Crippen molar-refractivity contribution in [1.82, 2.24) is 14.9 Å². The van der Waals surface area contributed by atoms with Crippen LogP contribution in [0.2, 0.25) is 0 Å². The van der Waals surface area contributed by atoms with Gasteiger partial charge in [0.1, 0.15) is 10.9 Å². The maximum Gasteiger partial charge on any atom is 0.266 e. The topological polar surface area (TPSA) is 78.7 Å². The van der Waals surface area contributed by atoms with E-state index < -0.39 is 6.04 Å². The van der Waals surface area contributed by atoms with Crippen LogP contribution in [0.25, 0.3) is 0 Å². The summed E-state index contributed by atoms with van der Waals surface area (Å²) >= 11 is 1.06. The molecule has 0 aromatic carbocycles. The molecule has 6 heteroatoms. The highest BCUT2D eigenvalue weighted by molar-refractivity contribution is 7.08. The first-order chi connectivity index (χ1) is 7.90. The Hall–Kier alpha value is -1.48. The molecule has 0 saturated carbocycles. The van der Waals surface area contributed by atoms with Gasteiger partial charge in [0.25, 0.3) is 5.91 Å². The number of aromatic nitrogens is 2. The molecule has 0 bridgehead atoms. The molecule has 1 unspecified atom stereocenters. The van der Waals surface area contributed by atoms with Crippen molar-refractivity contribution in [2.45, 2.75) is 45.6 Å². The molecule has 0 fully saturated rings. The van der Waals surface area contributed by atoms with Crippen molar-refractivity contribution >= 4 is 17.4 Å². The third-order valence-electron chi connectivity index (χ3n) is 2.27. The second-order valence-electron chi connectivity index (χ2n) is 4.76. The minimum atomic E-state index is -0.461. The van der Waals surface area contributed by atoms with Crippen molar-refractivity contribution in [2.75, 3.05) is 0 Å². The monoisotopic (exact) mass is 252 g/mol. The number of carbonyl (C=O) groups is 1. The van der Waals surface area contributed by atoms with E-state index >= 15 is 0 Å². The number of amides is 1. The number of hydrogen-bond acceptors (Lipinski definition) is 5. The molecule has 5 nitrogen and oxygen atoms in total. The molecule has 0 radical (unpaired) electrons. The van der Waals surface area contributed by atoms with Crippen molar-refractivity contribution in [1.29, 1.82) is 5.26 Å². The predicted molar refractivity (Wildman–Crippen MR) is 65.8 cm³/mol. The molecule has 0 aliphatic carbocycles. The predicted octanol–water partition coefficient (Wildman–Crippen LogP) is 1.87. The van der Waals surface area contributed by atoms with E-state index in [2.05, 4.69) is 14.9 Å². The zero-order valence-electron chi connectivity index (χ0n) is 10.4. The van der Waals surface area contributed by atoms with Crippen LogP contribution in [0.1, 0.15) is 49.5 Å². The lowest BCUT2D eigenvalue weighted by Gasteiger charge is -2.16. The standard InChI is InChI=1S/C11H16N4OS/c1-5-7(6-12)13-10(16)8-9(11(2,3)4)14-15-17-8/h7H,5H2,1-4H3,(H,13,16). The quantitative estimate of drug-likeness (QED) is 0.890. The summed E-state index contributed by atoms with van der Waals surface area (Å²) in [5.41, 5.74) is 0.446. The third kappa shape index (κ3) is 3.24. The van der Waals surface area contributed by atoms with Crippen LogP contribution in [0.4, 0.5) is 0 Å². The molecule has 1 aromatic heterocycles. The van der Waals surface area contributed by atoms with Gasteiger partial charge in [0.15, 0.2) is 0 Å². The van der Waals surface area contributed by atoms with E-state index in [9.17, 15) is 4.79 Å². The smallest absolute Gasteiger partial charge is 0.266 e. The van der Waals surface area contributed by atoms with Crippen LogP contribution < -0.4 is 5.32 Å². The molecular weight excluding hydrogens is 236 g/mol. The molecular formula is C11H16N4OS. The Morgan fingerprint density at radius 1 is 1.59 bits per heavy atom. The van der Waals surface area contributed by atoms with Gasteiger partial charge in [-0.15, -0.1) is 5.10 Å². The Labute approximate surface area is 105 Å². The highest BCUT2D eigenvalue weighted by Gasteiger charge is 2.27. The number of nitriles is 1. The molecule has 1 heterocycles. The van der Waals surface area contributed by atoms with E-state index in [1.165, 1.54) is 0 Å². The fraction of sp³-hybridized carbons (Fsp3) is 0.636. The summed E-state index contributed by atoms with van der Waals surface area (Å²) < 4.78 is 3.82. The van der Waals surface area contributed by atoms with E-state index in [1.807, 2.05) is 33.8 Å². The van der Waals surface area contributed by atoms with Crippen molar-refractivity contribution in [3.8, 4) is 6.07 Å².